The van der Waals surface area contributed by atoms with Crippen LogP contribution in [0, 0.1) is 0 Å². The number of thioether (sulfide) groups is 1. The second-order valence-corrected chi connectivity index (χ2v) is 8.69. The molecule has 1 heterocycles. The summed E-state index contributed by atoms with van der Waals surface area (Å²) in [6.07, 6.45) is -1.00. The summed E-state index contributed by atoms with van der Waals surface area (Å²) in [5.41, 5.74) is 1.51. The molecule has 1 aliphatic heterocycles. The lowest BCUT2D eigenvalue weighted by molar-refractivity contribution is -0.152. The summed E-state index contributed by atoms with van der Waals surface area (Å²) in [6, 6.07) is 12.0. The van der Waals surface area contributed by atoms with Gasteiger partial charge in [-0.05, 0) is 50.0 Å². The number of phenolic OH excluding ortho intramolecular Hbond substituents is 1. The Hall–Kier alpha value is -2.22. The molecule has 154 valence electrons. The quantitative estimate of drug-likeness (QED) is 0.723. The standard InChI is InChI=1S/C21H23ClN2O4S/c1-13(25)28-19-20(14-4-7-16(26)8-5-14)29-18-12-15(22)6-9-17(18)24(21(19)27)11-10-23(2)3/h4-9,12,19-20,26H,10-11H2,1-3H3. The van der Waals surface area contributed by atoms with Gasteiger partial charge in [0.25, 0.3) is 5.91 Å². The number of carbonyl (C=O) groups excluding carboxylic acids is 2. The summed E-state index contributed by atoms with van der Waals surface area (Å²) in [5.74, 6) is -0.684. The zero-order valence-corrected chi connectivity index (χ0v) is 18.0. The van der Waals surface area contributed by atoms with Crippen molar-refractivity contribution in [1.82, 2.24) is 4.90 Å². The van der Waals surface area contributed by atoms with Gasteiger partial charge in [0.05, 0.1) is 10.9 Å². The normalized spacial score (nSPS) is 19.1. The van der Waals surface area contributed by atoms with Gasteiger partial charge in [-0.1, -0.05) is 23.7 Å². The predicted molar refractivity (Wildman–Crippen MR) is 115 cm³/mol. The zero-order valence-electron chi connectivity index (χ0n) is 16.5. The predicted octanol–water partition coefficient (Wildman–Crippen LogP) is 3.72. The van der Waals surface area contributed by atoms with Gasteiger partial charge in [0.1, 0.15) is 5.75 Å². The smallest absolute Gasteiger partial charge is 0.303 e. The maximum Gasteiger partial charge on any atom is 0.303 e. The van der Waals surface area contributed by atoms with E-state index in [2.05, 4.69) is 0 Å². The molecule has 2 unspecified atom stereocenters. The van der Waals surface area contributed by atoms with E-state index in [1.807, 2.05) is 31.1 Å². The highest BCUT2D eigenvalue weighted by Crippen LogP contribution is 2.47. The topological polar surface area (TPSA) is 70.1 Å². The number of aromatic hydroxyl groups is 1. The van der Waals surface area contributed by atoms with Crippen molar-refractivity contribution in [3.8, 4) is 5.75 Å². The Morgan fingerprint density at radius 1 is 1.24 bits per heavy atom. The number of fused-ring (bicyclic) bond motifs is 1. The highest BCUT2D eigenvalue weighted by Gasteiger charge is 2.40. The fraction of sp³-hybridized carbons (Fsp3) is 0.333. The minimum Gasteiger partial charge on any atom is -0.508 e. The fourth-order valence-corrected chi connectivity index (χ4v) is 4.73. The number of hydrogen-bond donors (Lipinski definition) is 1. The molecule has 0 saturated heterocycles. The Morgan fingerprint density at radius 2 is 1.93 bits per heavy atom. The van der Waals surface area contributed by atoms with Crippen molar-refractivity contribution in [3.63, 3.8) is 0 Å². The van der Waals surface area contributed by atoms with Crippen LogP contribution in [0.3, 0.4) is 0 Å². The number of benzene rings is 2. The lowest BCUT2D eigenvalue weighted by atomic mass is 10.1. The van der Waals surface area contributed by atoms with Gasteiger partial charge >= 0.3 is 5.97 Å². The average Bonchev–Trinajstić information content (AvgIpc) is 2.76. The second kappa shape index (κ2) is 9.07. The Labute approximate surface area is 179 Å². The van der Waals surface area contributed by atoms with E-state index in [-0.39, 0.29) is 11.7 Å². The molecule has 6 nitrogen and oxygen atoms in total. The first-order chi connectivity index (χ1) is 13.8. The summed E-state index contributed by atoms with van der Waals surface area (Å²) < 4.78 is 5.52. The number of esters is 1. The van der Waals surface area contributed by atoms with Crippen LogP contribution < -0.4 is 4.90 Å². The lowest BCUT2D eigenvalue weighted by Gasteiger charge is -2.28. The Morgan fingerprint density at radius 3 is 2.55 bits per heavy atom. The SMILES string of the molecule is CC(=O)OC1C(=O)N(CCN(C)C)c2ccc(Cl)cc2SC1c1ccc(O)cc1. The highest BCUT2D eigenvalue weighted by molar-refractivity contribution is 7.99. The molecule has 0 aliphatic carbocycles. The van der Waals surface area contributed by atoms with Crippen molar-refractivity contribution in [1.29, 1.82) is 0 Å². The minimum absolute atomic E-state index is 0.124. The summed E-state index contributed by atoms with van der Waals surface area (Å²) in [5, 5.41) is 9.73. The van der Waals surface area contributed by atoms with Crippen molar-refractivity contribution in [2.45, 2.75) is 23.2 Å². The van der Waals surface area contributed by atoms with Crippen LogP contribution in [0.5, 0.6) is 5.75 Å². The third-order valence-electron chi connectivity index (χ3n) is 4.54. The largest absolute Gasteiger partial charge is 0.508 e. The van der Waals surface area contributed by atoms with Crippen LogP contribution in [-0.4, -0.2) is 55.2 Å². The van der Waals surface area contributed by atoms with E-state index in [0.29, 0.717) is 18.1 Å². The van der Waals surface area contributed by atoms with Gasteiger partial charge in [-0.2, -0.15) is 0 Å². The van der Waals surface area contributed by atoms with Crippen LogP contribution in [0.15, 0.2) is 47.4 Å². The third-order valence-corrected chi connectivity index (χ3v) is 6.13. The van der Waals surface area contributed by atoms with Gasteiger partial charge in [-0.3, -0.25) is 9.59 Å². The van der Waals surface area contributed by atoms with Crippen LogP contribution >= 0.6 is 23.4 Å². The summed E-state index contributed by atoms with van der Waals surface area (Å²) in [4.78, 5) is 29.8. The molecule has 0 fully saturated rings. The Kier molecular flexibility index (Phi) is 6.72. The first-order valence-electron chi connectivity index (χ1n) is 9.14. The molecule has 29 heavy (non-hydrogen) atoms. The van der Waals surface area contributed by atoms with E-state index >= 15 is 0 Å². The molecular formula is C21H23ClN2O4S. The van der Waals surface area contributed by atoms with E-state index in [1.54, 1.807) is 35.2 Å². The van der Waals surface area contributed by atoms with Crippen LogP contribution in [0.4, 0.5) is 5.69 Å². The number of nitrogens with zero attached hydrogens (tertiary/aromatic N) is 2. The first kappa shape index (κ1) is 21.5. The minimum atomic E-state index is -1.00. The summed E-state index contributed by atoms with van der Waals surface area (Å²) in [6.45, 7) is 2.39. The molecule has 0 spiro atoms. The first-order valence-corrected chi connectivity index (χ1v) is 10.4. The number of likely N-dealkylation sites (N-methyl/N-ethyl adjacent to an activating group) is 1. The molecule has 2 aromatic carbocycles. The summed E-state index contributed by atoms with van der Waals surface area (Å²) in [7, 11) is 3.87. The molecule has 1 amide bonds. The Bertz CT molecular complexity index is 904. The molecule has 0 aromatic heterocycles. The van der Waals surface area contributed by atoms with Gasteiger partial charge in [-0.15, -0.1) is 11.8 Å². The number of halogens is 1. The molecule has 0 bridgehead atoms. The number of amides is 1. The Balaban J connectivity index is 2.10. The van der Waals surface area contributed by atoms with E-state index in [4.69, 9.17) is 16.3 Å². The number of hydrogen-bond acceptors (Lipinski definition) is 6. The van der Waals surface area contributed by atoms with E-state index < -0.39 is 17.3 Å². The molecule has 2 atom stereocenters. The van der Waals surface area contributed by atoms with Crippen molar-refractivity contribution in [3.05, 3.63) is 53.1 Å². The molecule has 2 aromatic rings. The lowest BCUT2D eigenvalue weighted by Crippen LogP contribution is -2.45. The van der Waals surface area contributed by atoms with Crippen LogP contribution in [-0.2, 0) is 14.3 Å². The second-order valence-electron chi connectivity index (χ2n) is 7.07. The van der Waals surface area contributed by atoms with E-state index in [1.165, 1.54) is 18.7 Å². The van der Waals surface area contributed by atoms with Gasteiger partial charge < -0.3 is 19.6 Å². The van der Waals surface area contributed by atoms with Gasteiger partial charge in [0.15, 0.2) is 6.10 Å². The highest BCUT2D eigenvalue weighted by atomic mass is 35.5. The third kappa shape index (κ3) is 5.04. The van der Waals surface area contributed by atoms with Crippen LogP contribution in [0.2, 0.25) is 5.02 Å². The molecule has 0 saturated carbocycles. The zero-order chi connectivity index (χ0) is 21.1. The van der Waals surface area contributed by atoms with Crippen molar-refractivity contribution >= 4 is 40.9 Å². The maximum absolute atomic E-state index is 13.5. The summed E-state index contributed by atoms with van der Waals surface area (Å²) >= 11 is 7.66. The monoisotopic (exact) mass is 434 g/mol. The molecule has 1 aliphatic rings. The number of rotatable bonds is 5. The molecule has 3 rings (SSSR count). The van der Waals surface area contributed by atoms with Crippen molar-refractivity contribution in [2.24, 2.45) is 0 Å². The van der Waals surface area contributed by atoms with Crippen molar-refractivity contribution < 1.29 is 19.4 Å². The molecular weight excluding hydrogens is 412 g/mol. The average molecular weight is 435 g/mol. The van der Waals surface area contributed by atoms with E-state index in [0.717, 1.165) is 16.1 Å². The van der Waals surface area contributed by atoms with Crippen molar-refractivity contribution in [2.75, 3.05) is 32.1 Å². The van der Waals surface area contributed by atoms with Crippen LogP contribution in [0.1, 0.15) is 17.7 Å². The molecule has 8 heteroatoms. The fourth-order valence-electron chi connectivity index (χ4n) is 3.13. The van der Waals surface area contributed by atoms with Gasteiger partial charge in [0.2, 0.25) is 0 Å². The molecule has 0 radical (unpaired) electrons. The number of phenols is 1. The maximum atomic E-state index is 13.5. The van der Waals surface area contributed by atoms with Crippen LogP contribution in [0.25, 0.3) is 0 Å². The number of ether oxygens (including phenoxy) is 1. The van der Waals surface area contributed by atoms with Gasteiger partial charge in [0, 0.05) is 29.9 Å². The van der Waals surface area contributed by atoms with Gasteiger partial charge in [-0.25, -0.2) is 0 Å². The van der Waals surface area contributed by atoms with E-state index in [9.17, 15) is 14.7 Å². The number of anilines is 1. The molecule has 1 N–H and O–H groups in total. The number of carbonyl (C=O) groups is 2.